The molecule has 0 saturated carbocycles. The number of aromatic nitrogens is 1. The van der Waals surface area contributed by atoms with Crippen molar-refractivity contribution in [2.24, 2.45) is 0 Å². The predicted octanol–water partition coefficient (Wildman–Crippen LogP) is 3.36. The third-order valence-corrected chi connectivity index (χ3v) is 4.17. The summed E-state index contributed by atoms with van der Waals surface area (Å²) in [6.45, 7) is 0. The first-order valence-corrected chi connectivity index (χ1v) is 8.01. The number of rotatable bonds is 2. The van der Waals surface area contributed by atoms with Crippen LogP contribution in [0.5, 0.6) is 0 Å². The van der Waals surface area contributed by atoms with E-state index in [4.69, 9.17) is 35.4 Å². The molecular formula is C16H8Cl2FN3O2S. The lowest BCUT2D eigenvalue weighted by Crippen LogP contribution is -2.54. The molecule has 25 heavy (non-hydrogen) atoms. The van der Waals surface area contributed by atoms with Gasteiger partial charge in [-0.2, -0.15) is 0 Å². The van der Waals surface area contributed by atoms with Crippen molar-refractivity contribution in [3.05, 3.63) is 63.7 Å². The van der Waals surface area contributed by atoms with Gasteiger partial charge in [0, 0.05) is 10.6 Å². The van der Waals surface area contributed by atoms with E-state index in [2.05, 4.69) is 10.3 Å². The van der Waals surface area contributed by atoms with Crippen molar-refractivity contribution < 1.29 is 14.0 Å². The normalized spacial score (nSPS) is 16.4. The zero-order chi connectivity index (χ0) is 18.1. The van der Waals surface area contributed by atoms with Crippen molar-refractivity contribution in [3.8, 4) is 0 Å². The van der Waals surface area contributed by atoms with E-state index in [1.807, 2.05) is 0 Å². The highest BCUT2D eigenvalue weighted by molar-refractivity contribution is 7.80. The first-order chi connectivity index (χ1) is 11.9. The molecule has 1 N–H and O–H groups in total. The van der Waals surface area contributed by atoms with E-state index in [1.165, 1.54) is 6.08 Å². The van der Waals surface area contributed by atoms with Crippen molar-refractivity contribution in [2.45, 2.75) is 0 Å². The molecule has 1 aliphatic rings. The smallest absolute Gasteiger partial charge is 0.270 e. The summed E-state index contributed by atoms with van der Waals surface area (Å²) >= 11 is 16.8. The van der Waals surface area contributed by atoms with E-state index in [0.29, 0.717) is 10.7 Å². The molecule has 1 aliphatic heterocycles. The Morgan fingerprint density at radius 3 is 2.56 bits per heavy atom. The highest BCUT2D eigenvalue weighted by Gasteiger charge is 2.34. The molecule has 2 amide bonds. The molecule has 126 valence electrons. The van der Waals surface area contributed by atoms with Gasteiger partial charge in [0.1, 0.15) is 16.5 Å². The Morgan fingerprint density at radius 1 is 1.20 bits per heavy atom. The Hall–Kier alpha value is -2.35. The van der Waals surface area contributed by atoms with E-state index < -0.39 is 17.6 Å². The number of pyridine rings is 1. The van der Waals surface area contributed by atoms with Gasteiger partial charge in [0.25, 0.3) is 11.8 Å². The highest BCUT2D eigenvalue weighted by atomic mass is 35.5. The van der Waals surface area contributed by atoms with E-state index in [-0.39, 0.29) is 21.4 Å². The number of benzene rings is 1. The van der Waals surface area contributed by atoms with Crippen LogP contribution >= 0.6 is 35.4 Å². The number of nitrogens with one attached hydrogen (secondary N) is 1. The number of hydrogen-bond donors (Lipinski definition) is 1. The van der Waals surface area contributed by atoms with Gasteiger partial charge in [-0.15, -0.1) is 0 Å². The molecule has 3 rings (SSSR count). The largest absolute Gasteiger partial charge is 0.298 e. The van der Waals surface area contributed by atoms with Crippen molar-refractivity contribution >= 4 is 64.1 Å². The Bertz CT molecular complexity index is 931. The quantitative estimate of drug-likeness (QED) is 0.366. The van der Waals surface area contributed by atoms with E-state index in [9.17, 15) is 14.0 Å². The van der Waals surface area contributed by atoms with Crippen molar-refractivity contribution in [2.75, 3.05) is 4.90 Å². The zero-order valence-corrected chi connectivity index (χ0v) is 14.6. The molecule has 0 aliphatic carbocycles. The van der Waals surface area contributed by atoms with Gasteiger partial charge < -0.3 is 0 Å². The monoisotopic (exact) mass is 395 g/mol. The fourth-order valence-electron chi connectivity index (χ4n) is 2.18. The van der Waals surface area contributed by atoms with Crippen molar-refractivity contribution in [1.29, 1.82) is 0 Å². The first kappa shape index (κ1) is 17.5. The van der Waals surface area contributed by atoms with Crippen LogP contribution < -0.4 is 10.2 Å². The number of nitrogens with zero attached hydrogens (tertiary/aromatic N) is 2. The standard InChI is InChI=1S/C16H8Cl2FN3O2S/c17-9-1-3-11(4-2-9)22-15(24)12(14(23)21-16(22)25)6-8-5-10(19)7-20-13(8)18/h1-7H,(H,21,23,25). The minimum Gasteiger partial charge on any atom is -0.298 e. The van der Waals surface area contributed by atoms with E-state index in [0.717, 1.165) is 17.2 Å². The molecule has 2 heterocycles. The lowest BCUT2D eigenvalue weighted by Gasteiger charge is -2.28. The lowest BCUT2D eigenvalue weighted by molar-refractivity contribution is -0.122. The zero-order valence-electron chi connectivity index (χ0n) is 12.3. The number of carbonyl (C=O) groups is 2. The van der Waals surface area contributed by atoms with Gasteiger partial charge in [-0.25, -0.2) is 9.37 Å². The van der Waals surface area contributed by atoms with Crippen LogP contribution in [0.15, 0.2) is 42.1 Å². The molecule has 1 aromatic carbocycles. The van der Waals surface area contributed by atoms with Crippen molar-refractivity contribution in [1.82, 2.24) is 10.3 Å². The molecule has 2 aromatic rings. The van der Waals surface area contributed by atoms with Crippen LogP contribution in [-0.4, -0.2) is 21.9 Å². The molecule has 5 nitrogen and oxygen atoms in total. The minimum atomic E-state index is -0.708. The van der Waals surface area contributed by atoms with Gasteiger partial charge in [-0.05, 0) is 48.6 Å². The number of hydrogen-bond acceptors (Lipinski definition) is 4. The Balaban J connectivity index is 2.05. The van der Waals surface area contributed by atoms with Gasteiger partial charge in [-0.1, -0.05) is 23.2 Å². The Labute approximate surface area is 157 Å². The molecule has 1 saturated heterocycles. The summed E-state index contributed by atoms with van der Waals surface area (Å²) in [6, 6.07) is 7.40. The maximum Gasteiger partial charge on any atom is 0.270 e. The highest BCUT2D eigenvalue weighted by Crippen LogP contribution is 2.25. The summed E-state index contributed by atoms with van der Waals surface area (Å²) in [5.74, 6) is -2.03. The lowest BCUT2D eigenvalue weighted by atomic mass is 10.1. The summed E-state index contributed by atoms with van der Waals surface area (Å²) in [5, 5.41) is 2.79. The van der Waals surface area contributed by atoms with Crippen LogP contribution in [-0.2, 0) is 9.59 Å². The average Bonchev–Trinajstić information content (AvgIpc) is 2.56. The van der Waals surface area contributed by atoms with Crippen LogP contribution in [0.2, 0.25) is 10.2 Å². The molecule has 1 aromatic heterocycles. The van der Waals surface area contributed by atoms with E-state index in [1.54, 1.807) is 24.3 Å². The maximum absolute atomic E-state index is 13.4. The van der Waals surface area contributed by atoms with Gasteiger partial charge in [0.15, 0.2) is 5.11 Å². The third-order valence-electron chi connectivity index (χ3n) is 3.32. The molecule has 0 spiro atoms. The molecule has 0 bridgehead atoms. The van der Waals surface area contributed by atoms with Gasteiger partial charge >= 0.3 is 0 Å². The fraction of sp³-hybridized carbons (Fsp3) is 0. The summed E-state index contributed by atoms with van der Waals surface area (Å²) in [5.41, 5.74) is 0.274. The Morgan fingerprint density at radius 2 is 1.88 bits per heavy atom. The molecule has 0 unspecified atom stereocenters. The van der Waals surface area contributed by atoms with Crippen LogP contribution in [0.25, 0.3) is 6.08 Å². The topological polar surface area (TPSA) is 62.3 Å². The van der Waals surface area contributed by atoms with Crippen molar-refractivity contribution in [3.63, 3.8) is 0 Å². The third kappa shape index (κ3) is 3.53. The average molecular weight is 396 g/mol. The molecule has 1 fully saturated rings. The Kier molecular flexibility index (Phi) is 4.80. The molecule has 0 radical (unpaired) electrons. The fourth-order valence-corrected chi connectivity index (χ4v) is 2.74. The SMILES string of the molecule is O=C1NC(=S)N(c2ccc(Cl)cc2)C(=O)C1=Cc1cc(F)cnc1Cl. The second-order valence-electron chi connectivity index (χ2n) is 4.97. The van der Waals surface area contributed by atoms with Crippen LogP contribution in [0.4, 0.5) is 10.1 Å². The number of amides is 2. The van der Waals surface area contributed by atoms with Gasteiger partial charge in [0.2, 0.25) is 0 Å². The van der Waals surface area contributed by atoms with Gasteiger partial charge in [-0.3, -0.25) is 19.8 Å². The molecular weight excluding hydrogens is 388 g/mol. The molecule has 0 atom stereocenters. The second-order valence-corrected chi connectivity index (χ2v) is 6.15. The number of anilines is 1. The minimum absolute atomic E-state index is 0.0410. The van der Waals surface area contributed by atoms with Crippen LogP contribution in [0.3, 0.4) is 0 Å². The maximum atomic E-state index is 13.4. The summed E-state index contributed by atoms with van der Waals surface area (Å²) in [7, 11) is 0. The van der Waals surface area contributed by atoms with E-state index >= 15 is 0 Å². The number of halogens is 3. The second kappa shape index (κ2) is 6.87. The summed E-state index contributed by atoms with van der Waals surface area (Å²) in [6.07, 6.45) is 2.10. The summed E-state index contributed by atoms with van der Waals surface area (Å²) in [4.78, 5) is 29.7. The first-order valence-electron chi connectivity index (χ1n) is 6.85. The number of carbonyl (C=O) groups excluding carboxylic acids is 2. The van der Waals surface area contributed by atoms with Gasteiger partial charge in [0.05, 0.1) is 11.9 Å². The summed E-state index contributed by atoms with van der Waals surface area (Å²) < 4.78 is 13.4. The van der Waals surface area contributed by atoms with Crippen LogP contribution in [0, 0.1) is 5.82 Å². The number of thiocarbonyl (C=S) groups is 1. The molecule has 9 heteroatoms. The predicted molar refractivity (Wildman–Crippen MR) is 96.9 cm³/mol. The van der Waals surface area contributed by atoms with Crippen LogP contribution in [0.1, 0.15) is 5.56 Å².